The Morgan fingerprint density at radius 1 is 0.968 bits per heavy atom. The highest BCUT2D eigenvalue weighted by molar-refractivity contribution is 5.69. The lowest BCUT2D eigenvalue weighted by Crippen LogP contribution is -2.43. The van der Waals surface area contributed by atoms with E-state index in [1.807, 2.05) is 40.1 Å². The quantitative estimate of drug-likeness (QED) is 0.364. The molecule has 1 fully saturated rings. The first-order chi connectivity index (χ1) is 14.0. The fourth-order valence-corrected chi connectivity index (χ4v) is 4.36. The van der Waals surface area contributed by atoms with Gasteiger partial charge in [0.15, 0.2) is 0 Å². The van der Waals surface area contributed by atoms with E-state index in [0.717, 1.165) is 19.3 Å². The monoisotopic (exact) mass is 436 g/mol. The lowest BCUT2D eigenvalue weighted by Gasteiger charge is -2.47. The summed E-state index contributed by atoms with van der Waals surface area (Å²) in [5.74, 6) is -0.538. The van der Waals surface area contributed by atoms with Crippen LogP contribution in [0.2, 0.25) is 0 Å². The number of esters is 2. The minimum atomic E-state index is -0.307. The SMILES string of the molecule is CC(=O)OCC(C)(C)C=NC1CC(C)(C)CC(C)(C(C)N=CC(C)(C)COC(C)=O)C1. The molecule has 3 unspecified atom stereocenters. The molecular formula is C25H44N2O4. The third-order valence-corrected chi connectivity index (χ3v) is 5.96. The molecule has 0 aromatic rings. The lowest BCUT2D eigenvalue weighted by molar-refractivity contribution is -0.143. The lowest BCUT2D eigenvalue weighted by atomic mass is 9.60. The normalized spacial score (nSPS) is 25.5. The highest BCUT2D eigenvalue weighted by atomic mass is 16.5. The maximum Gasteiger partial charge on any atom is 0.302 e. The predicted molar refractivity (Wildman–Crippen MR) is 127 cm³/mol. The maximum atomic E-state index is 11.1. The zero-order chi connectivity index (χ0) is 24.1. The molecule has 6 nitrogen and oxygen atoms in total. The Kier molecular flexibility index (Phi) is 9.04. The largest absolute Gasteiger partial charge is 0.465 e. The summed E-state index contributed by atoms with van der Waals surface area (Å²) in [7, 11) is 0. The van der Waals surface area contributed by atoms with Crippen LogP contribution in [-0.2, 0) is 19.1 Å². The number of hydrogen-bond donors (Lipinski definition) is 0. The molecule has 3 atom stereocenters. The summed E-state index contributed by atoms with van der Waals surface area (Å²) in [4.78, 5) is 32.1. The zero-order valence-electron chi connectivity index (χ0n) is 21.4. The molecule has 178 valence electrons. The van der Waals surface area contributed by atoms with E-state index in [1.165, 1.54) is 13.8 Å². The Hall–Kier alpha value is -1.72. The van der Waals surface area contributed by atoms with Crippen LogP contribution in [0.5, 0.6) is 0 Å². The van der Waals surface area contributed by atoms with Gasteiger partial charge in [0, 0.05) is 37.1 Å². The van der Waals surface area contributed by atoms with Crippen LogP contribution < -0.4 is 0 Å². The van der Waals surface area contributed by atoms with Crippen molar-refractivity contribution in [3.05, 3.63) is 0 Å². The van der Waals surface area contributed by atoms with Gasteiger partial charge in [-0.1, -0.05) is 48.5 Å². The molecule has 1 saturated carbocycles. The topological polar surface area (TPSA) is 77.3 Å². The standard InChI is InChI=1S/C25H44N2O4/c1-18(26-14-23(6,7)16-30-19(2)28)25(10)12-21(11-22(4,5)13-25)27-15-24(8,9)17-31-20(3)29/h14-15,18,21H,11-13,16-17H2,1-10H3. The Labute approximate surface area is 189 Å². The fraction of sp³-hybridized carbons (Fsp3) is 0.840. The first-order valence-electron chi connectivity index (χ1n) is 11.3. The van der Waals surface area contributed by atoms with Crippen molar-refractivity contribution in [2.45, 2.75) is 101 Å². The van der Waals surface area contributed by atoms with Crippen LogP contribution in [0.1, 0.15) is 88.5 Å². The Morgan fingerprint density at radius 2 is 1.45 bits per heavy atom. The fourth-order valence-electron chi connectivity index (χ4n) is 4.36. The summed E-state index contributed by atoms with van der Waals surface area (Å²) in [5, 5.41) is 0. The van der Waals surface area contributed by atoms with Crippen molar-refractivity contribution in [2.75, 3.05) is 13.2 Å². The average molecular weight is 437 g/mol. The van der Waals surface area contributed by atoms with E-state index in [1.54, 1.807) is 0 Å². The van der Waals surface area contributed by atoms with Crippen LogP contribution in [0.25, 0.3) is 0 Å². The summed E-state index contributed by atoms with van der Waals surface area (Å²) in [6.45, 7) is 20.7. The highest BCUT2D eigenvalue weighted by Crippen LogP contribution is 2.49. The summed E-state index contributed by atoms with van der Waals surface area (Å²) in [6, 6.07) is 0.326. The van der Waals surface area contributed by atoms with Gasteiger partial charge in [-0.05, 0) is 37.0 Å². The molecule has 0 amide bonds. The molecule has 0 N–H and O–H groups in total. The molecule has 0 radical (unpaired) electrons. The summed E-state index contributed by atoms with van der Waals surface area (Å²) in [5.41, 5.74) is -0.434. The van der Waals surface area contributed by atoms with Gasteiger partial charge in [0.25, 0.3) is 0 Å². The van der Waals surface area contributed by atoms with Crippen molar-refractivity contribution >= 4 is 24.4 Å². The summed E-state index contributed by atoms with van der Waals surface area (Å²) in [6.07, 6.45) is 6.95. The van der Waals surface area contributed by atoms with Gasteiger partial charge in [-0.15, -0.1) is 0 Å². The van der Waals surface area contributed by atoms with Gasteiger partial charge in [-0.2, -0.15) is 0 Å². The van der Waals surface area contributed by atoms with Crippen LogP contribution in [-0.4, -0.2) is 49.7 Å². The first kappa shape index (κ1) is 27.3. The van der Waals surface area contributed by atoms with Crippen molar-refractivity contribution in [1.82, 2.24) is 0 Å². The van der Waals surface area contributed by atoms with E-state index < -0.39 is 0 Å². The molecule has 0 heterocycles. The molecule has 0 aliphatic heterocycles. The average Bonchev–Trinajstić information content (AvgIpc) is 2.60. The van der Waals surface area contributed by atoms with Gasteiger partial charge in [0.05, 0.1) is 12.1 Å². The summed E-state index contributed by atoms with van der Waals surface area (Å²) < 4.78 is 10.4. The minimum Gasteiger partial charge on any atom is -0.465 e. The number of carbonyl (C=O) groups excluding carboxylic acids is 2. The molecule has 0 spiro atoms. The molecular weight excluding hydrogens is 392 g/mol. The first-order valence-corrected chi connectivity index (χ1v) is 11.3. The van der Waals surface area contributed by atoms with Crippen molar-refractivity contribution in [1.29, 1.82) is 0 Å². The van der Waals surface area contributed by atoms with Gasteiger partial charge in [-0.25, -0.2) is 0 Å². The number of carbonyl (C=O) groups is 2. The smallest absolute Gasteiger partial charge is 0.302 e. The molecule has 0 saturated heterocycles. The molecule has 6 heteroatoms. The molecule has 0 aromatic carbocycles. The molecule has 0 aromatic heterocycles. The molecule has 0 bridgehead atoms. The second-order valence-electron chi connectivity index (χ2n) is 11.8. The number of nitrogens with zero attached hydrogens (tertiary/aromatic N) is 2. The van der Waals surface area contributed by atoms with E-state index in [4.69, 9.17) is 19.5 Å². The van der Waals surface area contributed by atoms with Crippen LogP contribution in [0, 0.1) is 21.7 Å². The number of aliphatic imine (C=N–C) groups is 2. The van der Waals surface area contributed by atoms with Crippen molar-refractivity contribution in [2.24, 2.45) is 31.6 Å². The number of ether oxygens (including phenoxy) is 2. The van der Waals surface area contributed by atoms with E-state index >= 15 is 0 Å². The maximum absolute atomic E-state index is 11.1. The van der Waals surface area contributed by atoms with Gasteiger partial charge in [0.2, 0.25) is 0 Å². The van der Waals surface area contributed by atoms with Crippen LogP contribution in [0.15, 0.2) is 9.98 Å². The van der Waals surface area contributed by atoms with Crippen molar-refractivity contribution in [3.63, 3.8) is 0 Å². The van der Waals surface area contributed by atoms with Gasteiger partial charge >= 0.3 is 11.9 Å². The van der Waals surface area contributed by atoms with E-state index in [2.05, 4.69) is 27.7 Å². The molecule has 31 heavy (non-hydrogen) atoms. The number of hydrogen-bond acceptors (Lipinski definition) is 6. The molecule has 1 rings (SSSR count). The van der Waals surface area contributed by atoms with Crippen LogP contribution in [0.4, 0.5) is 0 Å². The Morgan fingerprint density at radius 3 is 1.94 bits per heavy atom. The van der Waals surface area contributed by atoms with Crippen LogP contribution in [0.3, 0.4) is 0 Å². The van der Waals surface area contributed by atoms with Gasteiger partial charge in [-0.3, -0.25) is 19.6 Å². The summed E-state index contributed by atoms with van der Waals surface area (Å²) >= 11 is 0. The third-order valence-electron chi connectivity index (χ3n) is 5.96. The predicted octanol–water partition coefficient (Wildman–Crippen LogP) is 5.28. The minimum absolute atomic E-state index is 0.0117. The Balaban J connectivity index is 2.92. The van der Waals surface area contributed by atoms with Gasteiger partial charge < -0.3 is 9.47 Å². The van der Waals surface area contributed by atoms with Crippen molar-refractivity contribution in [3.8, 4) is 0 Å². The Bertz CT molecular complexity index is 694. The van der Waals surface area contributed by atoms with Gasteiger partial charge in [0.1, 0.15) is 13.2 Å². The molecule has 1 aliphatic carbocycles. The van der Waals surface area contributed by atoms with E-state index in [9.17, 15) is 9.59 Å². The second-order valence-corrected chi connectivity index (χ2v) is 11.8. The number of rotatable bonds is 9. The second kappa shape index (κ2) is 10.3. The van der Waals surface area contributed by atoms with Crippen molar-refractivity contribution < 1.29 is 19.1 Å². The van der Waals surface area contributed by atoms with Crippen LogP contribution >= 0.6 is 0 Å². The molecule has 1 aliphatic rings. The highest BCUT2D eigenvalue weighted by Gasteiger charge is 2.44. The van der Waals surface area contributed by atoms with E-state index in [-0.39, 0.29) is 45.7 Å². The third kappa shape index (κ3) is 9.96. The zero-order valence-corrected chi connectivity index (χ0v) is 21.4. The van der Waals surface area contributed by atoms with E-state index in [0.29, 0.717) is 13.2 Å².